The molecule has 1 aliphatic rings. The Morgan fingerprint density at radius 1 is 0.941 bits per heavy atom. The van der Waals surface area contributed by atoms with E-state index in [2.05, 4.69) is 0 Å². The Kier molecular flexibility index (Phi) is 6.63. The van der Waals surface area contributed by atoms with Crippen LogP contribution in [-0.2, 0) is 16.1 Å². The molecule has 0 aliphatic carbocycles. The van der Waals surface area contributed by atoms with E-state index in [1.54, 1.807) is 43.5 Å². The van der Waals surface area contributed by atoms with Gasteiger partial charge in [-0.25, -0.2) is 4.39 Å². The van der Waals surface area contributed by atoms with Crippen LogP contribution in [0.25, 0.3) is 5.76 Å². The molecule has 6 nitrogen and oxygen atoms in total. The molecular weight excluding hydrogens is 437 g/mol. The maximum Gasteiger partial charge on any atom is 0.295 e. The molecule has 1 unspecified atom stereocenters. The normalized spacial score (nSPS) is 17.1. The van der Waals surface area contributed by atoms with E-state index < -0.39 is 23.5 Å². The van der Waals surface area contributed by atoms with Crippen molar-refractivity contribution in [3.8, 4) is 11.5 Å². The number of aliphatic hydroxyl groups is 1. The number of methoxy groups -OCH3 is 1. The molecule has 3 aromatic rings. The quantitative estimate of drug-likeness (QED) is 0.309. The van der Waals surface area contributed by atoms with E-state index in [1.807, 2.05) is 19.1 Å². The van der Waals surface area contributed by atoms with Crippen molar-refractivity contribution in [2.24, 2.45) is 0 Å². The maximum absolute atomic E-state index is 13.4. The van der Waals surface area contributed by atoms with Crippen molar-refractivity contribution in [1.82, 2.24) is 4.90 Å². The summed E-state index contributed by atoms with van der Waals surface area (Å²) in [4.78, 5) is 27.6. The minimum atomic E-state index is -0.831. The number of rotatable bonds is 7. The summed E-state index contributed by atoms with van der Waals surface area (Å²) >= 11 is 0. The molecule has 1 atom stereocenters. The molecule has 0 aromatic heterocycles. The molecule has 3 aromatic carbocycles. The predicted molar refractivity (Wildman–Crippen MR) is 125 cm³/mol. The molecule has 34 heavy (non-hydrogen) atoms. The van der Waals surface area contributed by atoms with Gasteiger partial charge in [0.1, 0.15) is 23.1 Å². The van der Waals surface area contributed by atoms with Crippen LogP contribution in [0.2, 0.25) is 0 Å². The van der Waals surface area contributed by atoms with Crippen molar-refractivity contribution in [2.75, 3.05) is 13.7 Å². The first-order chi connectivity index (χ1) is 16.4. The number of halogens is 1. The van der Waals surface area contributed by atoms with Crippen LogP contribution >= 0.6 is 0 Å². The van der Waals surface area contributed by atoms with Crippen LogP contribution < -0.4 is 9.47 Å². The second kappa shape index (κ2) is 9.79. The van der Waals surface area contributed by atoms with Crippen molar-refractivity contribution in [3.63, 3.8) is 0 Å². The average Bonchev–Trinajstić information content (AvgIpc) is 3.10. The van der Waals surface area contributed by atoms with Gasteiger partial charge in [0, 0.05) is 12.1 Å². The number of amides is 1. The lowest BCUT2D eigenvalue weighted by Gasteiger charge is -2.25. The molecule has 1 amide bonds. The van der Waals surface area contributed by atoms with Crippen molar-refractivity contribution in [1.29, 1.82) is 0 Å². The summed E-state index contributed by atoms with van der Waals surface area (Å²) < 4.78 is 24.1. The summed E-state index contributed by atoms with van der Waals surface area (Å²) in [6.45, 7) is 2.52. The first-order valence-corrected chi connectivity index (χ1v) is 10.8. The second-order valence-corrected chi connectivity index (χ2v) is 7.78. The SMILES string of the molecule is CCOc1ccc(C2/C(=C(/O)c3ccc(F)cc3)C(=O)C(=O)N2Cc2ccc(OC)cc2)cc1. The zero-order valence-electron chi connectivity index (χ0n) is 18.8. The van der Waals surface area contributed by atoms with Gasteiger partial charge >= 0.3 is 0 Å². The van der Waals surface area contributed by atoms with Crippen molar-refractivity contribution >= 4 is 17.4 Å². The van der Waals surface area contributed by atoms with Crippen LogP contribution in [0.5, 0.6) is 11.5 Å². The minimum Gasteiger partial charge on any atom is -0.507 e. The molecule has 1 N–H and O–H groups in total. The molecule has 4 rings (SSSR count). The number of hydrogen-bond donors (Lipinski definition) is 1. The van der Waals surface area contributed by atoms with Gasteiger partial charge in [-0.3, -0.25) is 9.59 Å². The molecule has 0 bridgehead atoms. The summed E-state index contributed by atoms with van der Waals surface area (Å²) in [7, 11) is 1.56. The molecule has 0 radical (unpaired) electrons. The predicted octanol–water partition coefficient (Wildman–Crippen LogP) is 4.85. The van der Waals surface area contributed by atoms with Gasteiger partial charge in [-0.15, -0.1) is 0 Å². The highest BCUT2D eigenvalue weighted by Gasteiger charge is 2.46. The Bertz CT molecular complexity index is 1220. The van der Waals surface area contributed by atoms with Crippen LogP contribution in [0, 0.1) is 5.82 Å². The molecule has 1 saturated heterocycles. The molecule has 174 valence electrons. The number of hydrogen-bond acceptors (Lipinski definition) is 5. The van der Waals surface area contributed by atoms with Gasteiger partial charge in [-0.05, 0) is 66.6 Å². The third-order valence-electron chi connectivity index (χ3n) is 5.68. The van der Waals surface area contributed by atoms with Crippen LogP contribution in [0.3, 0.4) is 0 Å². The van der Waals surface area contributed by atoms with E-state index in [4.69, 9.17) is 9.47 Å². The number of ketones is 1. The second-order valence-electron chi connectivity index (χ2n) is 7.78. The molecule has 1 aliphatic heterocycles. The van der Waals surface area contributed by atoms with Crippen molar-refractivity contribution < 1.29 is 28.6 Å². The average molecular weight is 461 g/mol. The molecule has 1 heterocycles. The van der Waals surface area contributed by atoms with Gasteiger partial charge in [0.2, 0.25) is 0 Å². The van der Waals surface area contributed by atoms with Crippen LogP contribution in [0.1, 0.15) is 29.7 Å². The monoisotopic (exact) mass is 461 g/mol. The summed E-state index contributed by atoms with van der Waals surface area (Å²) in [6.07, 6.45) is 0. The Morgan fingerprint density at radius 3 is 2.15 bits per heavy atom. The Labute approximate surface area is 196 Å². The van der Waals surface area contributed by atoms with Gasteiger partial charge in [0.25, 0.3) is 11.7 Å². The van der Waals surface area contributed by atoms with Gasteiger partial charge in [0.05, 0.1) is 25.3 Å². The van der Waals surface area contributed by atoms with Gasteiger partial charge < -0.3 is 19.5 Å². The number of Topliss-reactive ketones (excluding diaryl/α,β-unsaturated/α-hetero) is 1. The number of carbonyl (C=O) groups is 2. The fourth-order valence-corrected chi connectivity index (χ4v) is 3.99. The summed E-state index contributed by atoms with van der Waals surface area (Å²) in [5.41, 5.74) is 1.63. The molecule has 0 saturated carbocycles. The number of benzene rings is 3. The van der Waals surface area contributed by atoms with E-state index >= 15 is 0 Å². The standard InChI is InChI=1S/C27H24FNO5/c1-3-34-22-14-8-18(9-15-22)24-23(25(30)19-6-10-20(28)11-7-19)26(31)27(32)29(24)16-17-4-12-21(33-2)13-5-17/h4-15,24,30H,3,16H2,1-2H3/b25-23-. The number of likely N-dealkylation sites (tertiary alicyclic amines) is 1. The van der Waals surface area contributed by atoms with Crippen LogP contribution in [0.4, 0.5) is 4.39 Å². The van der Waals surface area contributed by atoms with Crippen molar-refractivity contribution in [2.45, 2.75) is 19.5 Å². The van der Waals surface area contributed by atoms with Gasteiger partial charge in [-0.1, -0.05) is 24.3 Å². The number of ether oxygens (including phenoxy) is 2. The third kappa shape index (κ3) is 4.50. The topological polar surface area (TPSA) is 76.1 Å². The lowest BCUT2D eigenvalue weighted by molar-refractivity contribution is -0.140. The van der Waals surface area contributed by atoms with Gasteiger partial charge in [-0.2, -0.15) is 0 Å². The van der Waals surface area contributed by atoms with Crippen LogP contribution in [0.15, 0.2) is 78.4 Å². The summed E-state index contributed by atoms with van der Waals surface area (Å²) in [6, 6.07) is 18.5. The number of aliphatic hydroxyl groups excluding tert-OH is 1. The fraction of sp³-hybridized carbons (Fsp3) is 0.185. The van der Waals surface area contributed by atoms with E-state index in [-0.39, 0.29) is 23.4 Å². The first-order valence-electron chi connectivity index (χ1n) is 10.8. The Morgan fingerprint density at radius 2 is 1.56 bits per heavy atom. The maximum atomic E-state index is 13.4. The zero-order chi connectivity index (χ0) is 24.2. The lowest BCUT2D eigenvalue weighted by atomic mass is 9.95. The van der Waals surface area contributed by atoms with E-state index in [0.29, 0.717) is 23.7 Å². The molecule has 7 heteroatoms. The largest absolute Gasteiger partial charge is 0.507 e. The smallest absolute Gasteiger partial charge is 0.295 e. The first kappa shape index (κ1) is 23.0. The molecular formula is C27H24FNO5. The summed E-state index contributed by atoms with van der Waals surface area (Å²) in [5.74, 6) is -1.02. The van der Waals surface area contributed by atoms with Gasteiger partial charge in [0.15, 0.2) is 0 Å². The van der Waals surface area contributed by atoms with E-state index in [0.717, 1.165) is 5.56 Å². The molecule has 1 fully saturated rings. The number of nitrogens with zero attached hydrogens (tertiary/aromatic N) is 1. The fourth-order valence-electron chi connectivity index (χ4n) is 3.99. The lowest BCUT2D eigenvalue weighted by Crippen LogP contribution is -2.29. The number of carbonyl (C=O) groups excluding carboxylic acids is 2. The third-order valence-corrected chi connectivity index (χ3v) is 5.68. The highest BCUT2D eigenvalue weighted by atomic mass is 19.1. The highest BCUT2D eigenvalue weighted by Crippen LogP contribution is 2.40. The van der Waals surface area contributed by atoms with Crippen LogP contribution in [-0.4, -0.2) is 35.4 Å². The minimum absolute atomic E-state index is 0.0470. The Hall–Kier alpha value is -4.13. The van der Waals surface area contributed by atoms with Crippen molar-refractivity contribution in [3.05, 3.63) is 101 Å². The van der Waals surface area contributed by atoms with E-state index in [1.165, 1.54) is 29.2 Å². The summed E-state index contributed by atoms with van der Waals surface area (Å²) in [5, 5.41) is 11.0. The zero-order valence-corrected chi connectivity index (χ0v) is 18.8. The Balaban J connectivity index is 1.80. The van der Waals surface area contributed by atoms with E-state index in [9.17, 15) is 19.1 Å². The highest BCUT2D eigenvalue weighted by molar-refractivity contribution is 6.46. The molecule has 0 spiro atoms.